The largest absolute Gasteiger partial charge is 0.268 e. The van der Waals surface area contributed by atoms with E-state index < -0.39 is 21.7 Å². The molecule has 156 valence electrons. The SMILES string of the molecule is Cc1cc(C(=O)NS(C)(=O)=O)c(F)cc1-c1cnc(-c2ccc(Cl)c(Cl)c2)c(Cl)c1. The Balaban J connectivity index is 2.00. The third kappa shape index (κ3) is 4.92. The van der Waals surface area contributed by atoms with Crippen molar-refractivity contribution < 1.29 is 17.6 Å². The molecule has 3 rings (SSSR count). The molecular weight excluding hydrogens is 474 g/mol. The maximum absolute atomic E-state index is 14.5. The van der Waals surface area contributed by atoms with Gasteiger partial charge in [-0.05, 0) is 48.4 Å². The molecule has 1 amide bonds. The Bertz CT molecular complexity index is 1280. The number of nitrogens with one attached hydrogen (secondary N) is 1. The van der Waals surface area contributed by atoms with E-state index in [4.69, 9.17) is 34.8 Å². The lowest BCUT2D eigenvalue weighted by Crippen LogP contribution is -2.30. The van der Waals surface area contributed by atoms with Gasteiger partial charge in [0, 0.05) is 17.3 Å². The first-order chi connectivity index (χ1) is 14.0. The highest BCUT2D eigenvalue weighted by atomic mass is 35.5. The summed E-state index contributed by atoms with van der Waals surface area (Å²) in [5, 5.41) is 1.07. The summed E-state index contributed by atoms with van der Waals surface area (Å²) in [5.41, 5.74) is 2.27. The molecule has 10 heteroatoms. The first-order valence-corrected chi connectivity index (χ1v) is 11.4. The quantitative estimate of drug-likeness (QED) is 0.526. The number of halogens is 4. The fourth-order valence-corrected chi connectivity index (χ4v) is 3.85. The van der Waals surface area contributed by atoms with Gasteiger partial charge in [0.2, 0.25) is 10.0 Å². The number of aryl methyl sites for hydroxylation is 1. The minimum absolute atomic E-state index is 0.310. The average molecular weight is 488 g/mol. The van der Waals surface area contributed by atoms with Gasteiger partial charge in [-0.15, -0.1) is 0 Å². The number of amides is 1. The molecule has 0 atom stereocenters. The molecule has 1 heterocycles. The maximum atomic E-state index is 14.5. The van der Waals surface area contributed by atoms with Gasteiger partial charge in [-0.25, -0.2) is 17.5 Å². The minimum Gasteiger partial charge on any atom is -0.268 e. The zero-order valence-corrected chi connectivity index (χ0v) is 18.7. The van der Waals surface area contributed by atoms with Crippen LogP contribution in [0.15, 0.2) is 42.6 Å². The van der Waals surface area contributed by atoms with E-state index in [1.54, 1.807) is 35.9 Å². The van der Waals surface area contributed by atoms with Crippen molar-refractivity contribution in [3.63, 3.8) is 0 Å². The first kappa shape index (κ1) is 22.5. The Kier molecular flexibility index (Phi) is 6.38. The molecule has 1 N–H and O–H groups in total. The highest BCUT2D eigenvalue weighted by Crippen LogP contribution is 2.34. The molecule has 0 radical (unpaired) electrons. The molecule has 0 bridgehead atoms. The molecule has 0 saturated heterocycles. The molecule has 1 aromatic heterocycles. The molecule has 0 saturated carbocycles. The summed E-state index contributed by atoms with van der Waals surface area (Å²) in [7, 11) is -3.82. The normalized spacial score (nSPS) is 11.4. The summed E-state index contributed by atoms with van der Waals surface area (Å²) in [6, 6.07) is 9.01. The van der Waals surface area contributed by atoms with Crippen LogP contribution in [0.5, 0.6) is 0 Å². The highest BCUT2D eigenvalue weighted by molar-refractivity contribution is 7.89. The Morgan fingerprint density at radius 2 is 1.67 bits per heavy atom. The summed E-state index contributed by atoms with van der Waals surface area (Å²) in [4.78, 5) is 16.4. The van der Waals surface area contributed by atoms with Crippen molar-refractivity contribution in [3.05, 3.63) is 74.6 Å². The van der Waals surface area contributed by atoms with Crippen molar-refractivity contribution in [2.45, 2.75) is 6.92 Å². The molecule has 0 aliphatic rings. The van der Waals surface area contributed by atoms with E-state index in [0.717, 1.165) is 12.3 Å². The van der Waals surface area contributed by atoms with Crippen molar-refractivity contribution in [2.24, 2.45) is 0 Å². The van der Waals surface area contributed by atoms with Crippen molar-refractivity contribution in [1.29, 1.82) is 0 Å². The number of rotatable bonds is 4. The van der Waals surface area contributed by atoms with Crippen LogP contribution in [0.25, 0.3) is 22.4 Å². The monoisotopic (exact) mass is 486 g/mol. The van der Waals surface area contributed by atoms with Gasteiger partial charge >= 0.3 is 0 Å². The molecular formula is C20H14Cl3FN2O3S. The second kappa shape index (κ2) is 8.51. The van der Waals surface area contributed by atoms with Crippen molar-refractivity contribution >= 4 is 50.7 Å². The molecule has 3 aromatic rings. The molecule has 2 aromatic carbocycles. The lowest BCUT2D eigenvalue weighted by atomic mass is 9.98. The van der Waals surface area contributed by atoms with E-state index in [2.05, 4.69) is 4.98 Å². The number of hydrogen-bond acceptors (Lipinski definition) is 4. The number of pyridine rings is 1. The van der Waals surface area contributed by atoms with Crippen LogP contribution in [-0.2, 0) is 10.0 Å². The summed E-state index contributed by atoms with van der Waals surface area (Å²) in [5.74, 6) is -1.92. The Morgan fingerprint density at radius 3 is 2.27 bits per heavy atom. The standard InChI is InChI=1S/C20H14Cl3FN2O3S/c1-10-5-14(20(27)26-30(2,28)29)18(24)8-13(10)12-7-17(23)19(25-9-12)11-3-4-15(21)16(22)6-11/h3-9H,1-2H3,(H,26,27). The second-order valence-electron chi connectivity index (χ2n) is 6.53. The lowest BCUT2D eigenvalue weighted by molar-refractivity contribution is 0.0977. The van der Waals surface area contributed by atoms with Crippen molar-refractivity contribution in [2.75, 3.05) is 6.26 Å². The number of hydrogen-bond donors (Lipinski definition) is 1. The summed E-state index contributed by atoms with van der Waals surface area (Å²) < 4.78 is 38.7. The van der Waals surface area contributed by atoms with E-state index in [-0.39, 0.29) is 5.56 Å². The first-order valence-electron chi connectivity index (χ1n) is 8.40. The predicted molar refractivity (Wildman–Crippen MR) is 117 cm³/mol. The van der Waals surface area contributed by atoms with E-state index in [1.165, 1.54) is 12.3 Å². The van der Waals surface area contributed by atoms with E-state index in [1.807, 2.05) is 0 Å². The van der Waals surface area contributed by atoms with Crippen LogP contribution in [0, 0.1) is 12.7 Å². The molecule has 5 nitrogen and oxygen atoms in total. The molecule has 0 spiro atoms. The molecule has 30 heavy (non-hydrogen) atoms. The van der Waals surface area contributed by atoms with Gasteiger partial charge in [0.15, 0.2) is 0 Å². The third-order valence-corrected chi connectivity index (χ3v) is 5.77. The molecule has 0 unspecified atom stereocenters. The van der Waals surface area contributed by atoms with Crippen LogP contribution in [-0.4, -0.2) is 25.6 Å². The fraction of sp³-hybridized carbons (Fsp3) is 0.100. The summed E-state index contributed by atoms with van der Waals surface area (Å²) in [6.07, 6.45) is 2.33. The van der Waals surface area contributed by atoms with Crippen LogP contribution < -0.4 is 4.72 Å². The summed E-state index contributed by atoms with van der Waals surface area (Å²) in [6.45, 7) is 1.66. The van der Waals surface area contributed by atoms with Gasteiger partial charge in [-0.1, -0.05) is 40.9 Å². The molecule has 0 fully saturated rings. The van der Waals surface area contributed by atoms with Crippen LogP contribution in [0.3, 0.4) is 0 Å². The van der Waals surface area contributed by atoms with E-state index in [0.29, 0.717) is 43.0 Å². The van der Waals surface area contributed by atoms with Gasteiger partial charge in [-0.3, -0.25) is 9.78 Å². The maximum Gasteiger partial charge on any atom is 0.267 e. The highest BCUT2D eigenvalue weighted by Gasteiger charge is 2.19. The third-order valence-electron chi connectivity index (χ3n) is 4.18. The van der Waals surface area contributed by atoms with Crippen molar-refractivity contribution in [1.82, 2.24) is 9.71 Å². The molecule has 0 aliphatic heterocycles. The number of benzene rings is 2. The van der Waals surface area contributed by atoms with Crippen LogP contribution in [0.2, 0.25) is 15.1 Å². The predicted octanol–water partition coefficient (Wildman–Crippen LogP) is 5.51. The smallest absolute Gasteiger partial charge is 0.267 e. The van der Waals surface area contributed by atoms with Crippen molar-refractivity contribution in [3.8, 4) is 22.4 Å². The number of carbonyl (C=O) groups is 1. The van der Waals surface area contributed by atoms with Gasteiger partial charge in [0.05, 0.1) is 32.6 Å². The topological polar surface area (TPSA) is 76.1 Å². The number of nitrogens with zero attached hydrogens (tertiary/aromatic N) is 1. The number of aromatic nitrogens is 1. The average Bonchev–Trinajstić information content (AvgIpc) is 2.64. The van der Waals surface area contributed by atoms with Gasteiger partial charge < -0.3 is 0 Å². The second-order valence-corrected chi connectivity index (χ2v) is 9.50. The lowest BCUT2D eigenvalue weighted by Gasteiger charge is -2.12. The number of carbonyl (C=O) groups excluding carboxylic acids is 1. The zero-order valence-electron chi connectivity index (χ0n) is 15.6. The number of sulfonamides is 1. The van der Waals surface area contributed by atoms with Gasteiger partial charge in [0.1, 0.15) is 5.82 Å². The molecule has 0 aliphatic carbocycles. The van der Waals surface area contributed by atoms with E-state index >= 15 is 0 Å². The Hall–Kier alpha value is -2.19. The van der Waals surface area contributed by atoms with Gasteiger partial charge in [-0.2, -0.15) is 0 Å². The van der Waals surface area contributed by atoms with Crippen LogP contribution in [0.1, 0.15) is 15.9 Å². The van der Waals surface area contributed by atoms with E-state index in [9.17, 15) is 17.6 Å². The minimum atomic E-state index is -3.82. The van der Waals surface area contributed by atoms with Gasteiger partial charge in [0.25, 0.3) is 5.91 Å². The fourth-order valence-electron chi connectivity index (χ4n) is 2.83. The zero-order chi connectivity index (χ0) is 22.2. The Morgan fingerprint density at radius 1 is 1.00 bits per heavy atom. The van der Waals surface area contributed by atoms with Crippen LogP contribution >= 0.6 is 34.8 Å². The van der Waals surface area contributed by atoms with Crippen LogP contribution in [0.4, 0.5) is 4.39 Å². The Labute approximate surface area is 187 Å². The summed E-state index contributed by atoms with van der Waals surface area (Å²) >= 11 is 18.4.